The Morgan fingerprint density at radius 3 is 2.88 bits per heavy atom. The van der Waals surface area contributed by atoms with E-state index in [1.807, 2.05) is 6.07 Å². The lowest BCUT2D eigenvalue weighted by Gasteiger charge is -2.11. The molecule has 3 aromatic heterocycles. The van der Waals surface area contributed by atoms with E-state index < -0.39 is 12.5 Å². The van der Waals surface area contributed by atoms with E-state index in [1.165, 1.54) is 35.1 Å². The summed E-state index contributed by atoms with van der Waals surface area (Å²) in [7, 11) is 0. The number of nitrogens with one attached hydrogen (secondary N) is 2. The standard InChI is InChI=1S/C27H22ClF2N7O4/c28-18-5-6-23(41-27(29)30)20(12-18)24-22(34-26(39)21-14-33-37-9-2-7-32-25(21)37)15-36(35-24)10-8-31-13-17-3-1-4-19(11-17)40-16-38/h1-7,9,11-12,14-16,27,31H,8,10,13H2,(H,34,39). The molecule has 0 aliphatic heterocycles. The number of ether oxygens (including phenoxy) is 2. The Morgan fingerprint density at radius 1 is 1.17 bits per heavy atom. The number of alkyl halides is 2. The van der Waals surface area contributed by atoms with Crippen LogP contribution >= 0.6 is 11.6 Å². The molecular formula is C27H22ClF2N7O4. The van der Waals surface area contributed by atoms with Crippen molar-refractivity contribution in [3.05, 3.63) is 89.5 Å². The molecule has 0 fully saturated rings. The number of rotatable bonds is 12. The van der Waals surface area contributed by atoms with Gasteiger partial charge in [0.05, 0.1) is 18.4 Å². The van der Waals surface area contributed by atoms with Gasteiger partial charge in [0, 0.05) is 42.3 Å². The van der Waals surface area contributed by atoms with Gasteiger partial charge in [0.1, 0.15) is 22.8 Å². The number of aromatic nitrogens is 5. The van der Waals surface area contributed by atoms with Gasteiger partial charge >= 0.3 is 6.61 Å². The molecule has 1 amide bonds. The summed E-state index contributed by atoms with van der Waals surface area (Å²) in [6, 6.07) is 12.9. The smallest absolute Gasteiger partial charge is 0.387 e. The minimum absolute atomic E-state index is 0.154. The second kappa shape index (κ2) is 12.5. The molecule has 210 valence electrons. The van der Waals surface area contributed by atoms with Crippen LogP contribution in [0.2, 0.25) is 5.02 Å². The van der Waals surface area contributed by atoms with E-state index in [9.17, 15) is 18.4 Å². The fraction of sp³-hybridized carbons (Fsp3) is 0.148. The molecule has 11 nitrogen and oxygen atoms in total. The van der Waals surface area contributed by atoms with Crippen molar-refractivity contribution in [2.24, 2.45) is 0 Å². The monoisotopic (exact) mass is 581 g/mol. The van der Waals surface area contributed by atoms with Gasteiger partial charge in [-0.05, 0) is 42.0 Å². The van der Waals surface area contributed by atoms with Crippen LogP contribution in [-0.2, 0) is 17.9 Å². The molecule has 2 N–H and O–H groups in total. The summed E-state index contributed by atoms with van der Waals surface area (Å²) in [6.07, 6.45) is 6.15. The number of nitrogens with zero attached hydrogens (tertiary/aromatic N) is 5. The van der Waals surface area contributed by atoms with Gasteiger partial charge in [-0.25, -0.2) is 9.50 Å². The molecule has 5 aromatic rings. The summed E-state index contributed by atoms with van der Waals surface area (Å²) in [5.74, 6) is -0.243. The molecule has 0 atom stereocenters. The zero-order valence-corrected chi connectivity index (χ0v) is 22.0. The molecule has 0 radical (unpaired) electrons. The second-order valence-corrected chi connectivity index (χ2v) is 9.05. The number of fused-ring (bicyclic) bond motifs is 1. The average Bonchev–Trinajstić information content (AvgIpc) is 3.56. The summed E-state index contributed by atoms with van der Waals surface area (Å²) in [6.45, 7) is -1.42. The number of benzene rings is 2. The lowest BCUT2D eigenvalue weighted by Crippen LogP contribution is -2.19. The Morgan fingerprint density at radius 2 is 2.05 bits per heavy atom. The number of hydrogen-bond donors (Lipinski definition) is 2. The van der Waals surface area contributed by atoms with Crippen molar-refractivity contribution in [1.29, 1.82) is 0 Å². The Balaban J connectivity index is 1.39. The first-order valence-corrected chi connectivity index (χ1v) is 12.6. The van der Waals surface area contributed by atoms with Crippen molar-refractivity contribution in [1.82, 2.24) is 29.7 Å². The van der Waals surface area contributed by atoms with Crippen molar-refractivity contribution in [3.8, 4) is 22.8 Å². The van der Waals surface area contributed by atoms with Crippen molar-refractivity contribution in [2.45, 2.75) is 19.7 Å². The number of halogens is 3. The van der Waals surface area contributed by atoms with E-state index in [0.29, 0.717) is 37.5 Å². The van der Waals surface area contributed by atoms with Gasteiger partial charge in [-0.15, -0.1) is 0 Å². The van der Waals surface area contributed by atoms with Gasteiger partial charge in [-0.3, -0.25) is 14.3 Å². The summed E-state index contributed by atoms with van der Waals surface area (Å²) in [5, 5.41) is 15.0. The van der Waals surface area contributed by atoms with E-state index in [0.717, 1.165) is 5.56 Å². The Bertz CT molecular complexity index is 1690. The minimum atomic E-state index is -3.08. The zero-order valence-electron chi connectivity index (χ0n) is 21.2. The molecule has 5 rings (SSSR count). The van der Waals surface area contributed by atoms with Crippen LogP contribution in [-0.4, -0.2) is 49.9 Å². The molecule has 2 aromatic carbocycles. The molecule has 41 heavy (non-hydrogen) atoms. The van der Waals surface area contributed by atoms with Gasteiger partial charge in [-0.2, -0.15) is 19.0 Å². The van der Waals surface area contributed by atoms with Crippen LogP contribution in [0.1, 0.15) is 15.9 Å². The first-order chi connectivity index (χ1) is 19.9. The van der Waals surface area contributed by atoms with Crippen LogP contribution in [0, 0.1) is 0 Å². The topological polar surface area (TPSA) is 125 Å². The van der Waals surface area contributed by atoms with Gasteiger partial charge in [0.2, 0.25) is 0 Å². The quantitative estimate of drug-likeness (QED) is 0.164. The van der Waals surface area contributed by atoms with E-state index in [-0.39, 0.29) is 33.3 Å². The molecular weight excluding hydrogens is 560 g/mol. The highest BCUT2D eigenvalue weighted by atomic mass is 35.5. The number of carbonyl (C=O) groups excluding carboxylic acids is 2. The highest BCUT2D eigenvalue weighted by Crippen LogP contribution is 2.37. The molecule has 0 saturated heterocycles. The molecule has 0 aliphatic carbocycles. The molecule has 3 heterocycles. The fourth-order valence-corrected chi connectivity index (χ4v) is 4.27. The molecule has 0 saturated carbocycles. The normalized spacial score (nSPS) is 11.1. The van der Waals surface area contributed by atoms with E-state index >= 15 is 0 Å². The fourth-order valence-electron chi connectivity index (χ4n) is 4.10. The number of hydrogen-bond acceptors (Lipinski definition) is 8. The highest BCUT2D eigenvalue weighted by molar-refractivity contribution is 6.31. The predicted octanol–water partition coefficient (Wildman–Crippen LogP) is 4.42. The van der Waals surface area contributed by atoms with Crippen LogP contribution in [0.3, 0.4) is 0 Å². The van der Waals surface area contributed by atoms with Gasteiger partial charge in [-0.1, -0.05) is 23.7 Å². The Hall–Kier alpha value is -4.88. The third kappa shape index (κ3) is 6.65. The predicted molar refractivity (Wildman–Crippen MR) is 145 cm³/mol. The Kier molecular flexibility index (Phi) is 8.46. The summed E-state index contributed by atoms with van der Waals surface area (Å²) < 4.78 is 39.0. The number of carbonyl (C=O) groups is 2. The van der Waals surface area contributed by atoms with Crippen LogP contribution in [0.5, 0.6) is 11.5 Å². The SMILES string of the molecule is O=COc1cccc(CNCCn2cc(NC(=O)c3cnn4cccnc34)c(-c3cc(Cl)ccc3OC(F)F)n2)c1. The first-order valence-electron chi connectivity index (χ1n) is 12.2. The summed E-state index contributed by atoms with van der Waals surface area (Å²) in [4.78, 5) is 28.0. The van der Waals surface area contributed by atoms with Gasteiger partial charge < -0.3 is 20.1 Å². The van der Waals surface area contributed by atoms with E-state index in [1.54, 1.807) is 41.3 Å². The van der Waals surface area contributed by atoms with Gasteiger partial charge in [0.25, 0.3) is 12.4 Å². The van der Waals surface area contributed by atoms with Crippen molar-refractivity contribution in [3.63, 3.8) is 0 Å². The molecule has 0 aliphatic rings. The highest BCUT2D eigenvalue weighted by Gasteiger charge is 2.22. The van der Waals surface area contributed by atoms with E-state index in [2.05, 4.69) is 25.8 Å². The maximum Gasteiger partial charge on any atom is 0.387 e. The lowest BCUT2D eigenvalue weighted by molar-refractivity contribution is -0.120. The molecule has 14 heteroatoms. The largest absolute Gasteiger partial charge is 0.434 e. The van der Waals surface area contributed by atoms with Crippen LogP contribution < -0.4 is 20.1 Å². The molecule has 0 spiro atoms. The summed E-state index contributed by atoms with van der Waals surface area (Å²) in [5.41, 5.74) is 2.04. The maximum atomic E-state index is 13.2. The zero-order chi connectivity index (χ0) is 28.8. The second-order valence-electron chi connectivity index (χ2n) is 8.61. The van der Waals surface area contributed by atoms with Crippen LogP contribution in [0.4, 0.5) is 14.5 Å². The molecule has 0 unspecified atom stereocenters. The van der Waals surface area contributed by atoms with E-state index in [4.69, 9.17) is 21.1 Å². The van der Waals surface area contributed by atoms with Crippen molar-refractivity contribution in [2.75, 3.05) is 11.9 Å². The number of anilines is 1. The van der Waals surface area contributed by atoms with Crippen molar-refractivity contribution < 1.29 is 27.8 Å². The third-order valence-corrected chi connectivity index (χ3v) is 6.11. The average molecular weight is 582 g/mol. The lowest BCUT2D eigenvalue weighted by atomic mass is 10.1. The van der Waals surface area contributed by atoms with Crippen molar-refractivity contribution >= 4 is 35.3 Å². The molecule has 0 bridgehead atoms. The number of amides is 1. The first kappa shape index (κ1) is 27.7. The summed E-state index contributed by atoms with van der Waals surface area (Å²) >= 11 is 6.18. The minimum Gasteiger partial charge on any atom is -0.434 e. The Labute approximate surface area is 236 Å². The van der Waals surface area contributed by atoms with Crippen LogP contribution in [0.25, 0.3) is 16.9 Å². The van der Waals surface area contributed by atoms with Gasteiger partial charge in [0.15, 0.2) is 5.65 Å². The maximum absolute atomic E-state index is 13.2. The third-order valence-electron chi connectivity index (χ3n) is 5.88. The van der Waals surface area contributed by atoms with Crippen LogP contribution in [0.15, 0.2) is 73.3 Å².